The molecule has 0 fully saturated rings. The van der Waals surface area contributed by atoms with Gasteiger partial charge in [-0.3, -0.25) is 33.6 Å². The molecule has 4 aromatic carbocycles. The molecule has 65 heavy (non-hydrogen) atoms. The highest BCUT2D eigenvalue weighted by atomic mass is 35.5. The molecule has 0 unspecified atom stereocenters. The first-order valence-electron chi connectivity index (χ1n) is 21.4. The second-order valence-electron chi connectivity index (χ2n) is 15.9. The number of unbranched alkanes of at least 4 members (excludes halogenated alkanes) is 1. The summed E-state index contributed by atoms with van der Waals surface area (Å²) in [6.45, 7) is 4.96. The molecule has 0 aliphatic carbocycles. The number of nitrogens with one attached hydrogen (secondary N) is 4. The van der Waals surface area contributed by atoms with Crippen molar-refractivity contribution in [1.82, 2.24) is 26.2 Å². The molecule has 17 heteroatoms. The molecule has 4 bridgehead atoms. The van der Waals surface area contributed by atoms with Crippen LogP contribution in [0.2, 0.25) is 5.02 Å². The van der Waals surface area contributed by atoms with Crippen molar-refractivity contribution >= 4 is 52.9 Å². The first kappa shape index (κ1) is 49.2. The number of esters is 1. The molecule has 0 radical (unpaired) electrons. The average Bonchev–Trinajstić information content (AvgIpc) is 3.28. The third kappa shape index (κ3) is 12.9. The van der Waals surface area contributed by atoms with Crippen molar-refractivity contribution in [2.75, 3.05) is 20.2 Å². The number of Topliss-reactive ketones (excluding diaryl/α,β-unsaturated/α-hetero) is 1. The van der Waals surface area contributed by atoms with Crippen molar-refractivity contribution in [3.05, 3.63) is 107 Å². The number of nitrogens with zero attached hydrogens (tertiary/aromatic N) is 1. The zero-order valence-electron chi connectivity index (χ0n) is 36.7. The Morgan fingerprint density at radius 1 is 0.846 bits per heavy atom. The van der Waals surface area contributed by atoms with E-state index >= 15 is 0 Å². The summed E-state index contributed by atoms with van der Waals surface area (Å²) in [5.74, 6) is -5.07. The van der Waals surface area contributed by atoms with Gasteiger partial charge in [0.2, 0.25) is 23.6 Å². The molecule has 1 aliphatic heterocycles. The van der Waals surface area contributed by atoms with Gasteiger partial charge in [0.1, 0.15) is 35.7 Å². The van der Waals surface area contributed by atoms with Crippen LogP contribution in [0.15, 0.2) is 84.9 Å². The molecule has 4 aromatic rings. The Kier molecular flexibility index (Phi) is 17.2. The van der Waals surface area contributed by atoms with Crippen LogP contribution in [-0.2, 0) is 39.9 Å². The average molecular weight is 911 g/mol. The topological polar surface area (TPSA) is 247 Å². The smallest absolute Gasteiger partial charge is 0.306 e. The molecule has 344 valence electrons. The molecule has 0 saturated carbocycles. The van der Waals surface area contributed by atoms with E-state index in [1.807, 2.05) is 12.1 Å². The van der Waals surface area contributed by atoms with E-state index in [1.54, 1.807) is 43.3 Å². The number of hydrogen-bond donors (Lipinski definition) is 7. The van der Waals surface area contributed by atoms with Gasteiger partial charge in [-0.2, -0.15) is 0 Å². The number of hydrogen-bond acceptors (Lipinski definition) is 11. The van der Waals surface area contributed by atoms with Gasteiger partial charge in [-0.25, -0.2) is 0 Å². The molecule has 1 aliphatic rings. The maximum Gasteiger partial charge on any atom is 0.306 e. The largest absolute Gasteiger partial charge is 0.507 e. The highest BCUT2D eigenvalue weighted by Gasteiger charge is 2.36. The quantitative estimate of drug-likeness (QED) is 0.0611. The lowest BCUT2D eigenvalue weighted by atomic mass is 9.93. The number of ether oxygens (including phenoxy) is 1. The fraction of sp³-hybridized carbons (Fsp3) is 0.354. The molecule has 16 nitrogen and oxygen atoms in total. The number of nitrogens with two attached hydrogens (primary N) is 1. The van der Waals surface area contributed by atoms with Crippen LogP contribution < -0.4 is 27.0 Å². The number of halogens is 1. The van der Waals surface area contributed by atoms with Gasteiger partial charge in [-0.15, -0.1) is 0 Å². The summed E-state index contributed by atoms with van der Waals surface area (Å²) in [5, 5.41) is 33.6. The number of benzene rings is 4. The minimum Gasteiger partial charge on any atom is -0.507 e. The number of fused-ring (bicyclic) bond motifs is 5. The summed E-state index contributed by atoms with van der Waals surface area (Å²) >= 11 is 6.05. The highest BCUT2D eigenvalue weighted by Crippen LogP contribution is 2.39. The molecular weight excluding hydrogens is 856 g/mol. The molecule has 0 aromatic heterocycles. The maximum absolute atomic E-state index is 14.6. The monoisotopic (exact) mass is 910 g/mol. The van der Waals surface area contributed by atoms with Gasteiger partial charge < -0.3 is 46.9 Å². The summed E-state index contributed by atoms with van der Waals surface area (Å²) in [6.07, 6.45) is 0.660. The number of rotatable bonds is 16. The van der Waals surface area contributed by atoms with Gasteiger partial charge in [-0.1, -0.05) is 48.0 Å². The standard InChI is InChI=1S/C48H55ClN6O10/c1-5-65-42(59)22-21-39(56)27(2)51-46(62)38-25-29-9-19-40(57)35(24-29)36-26-33(16-20-41(36)58)43(47(63)52-28(3)44(60)54-38)55(4)48(64)37(8-6-7-23-50)53-45(61)32-12-10-30(11-13-32)31-14-17-34(49)18-15-31/h9-20,24,26-28,37-38,43,57-58H,5-8,21-23,25,50H2,1-4H3,(H,51,62)(H,52,63)(H,53,61)(H,54,60)/t27-,28-,37-,38-,43-/m0/s1. The Morgan fingerprint density at radius 3 is 2.12 bits per heavy atom. The molecule has 5 rings (SSSR count). The fourth-order valence-corrected chi connectivity index (χ4v) is 7.53. The van der Waals surface area contributed by atoms with Crippen LogP contribution >= 0.6 is 11.6 Å². The maximum atomic E-state index is 14.6. The third-order valence-corrected chi connectivity index (χ3v) is 11.3. The SMILES string of the molecule is CCOC(=O)CCC(=O)[C@H](C)NC(=O)[C@@H]1Cc2ccc(O)c(c2)-c2cc(ccc2O)[C@H](N(C)C(=O)[C@H](CCCCN)NC(=O)c2ccc(-c3ccc(Cl)cc3)cc2)C(=O)N[C@@H](C)C(=O)N1. The normalized spacial score (nSPS) is 17.0. The number of aromatic hydroxyl groups is 2. The Hall–Kier alpha value is -6.78. The second-order valence-corrected chi connectivity index (χ2v) is 16.3. The molecule has 0 saturated heterocycles. The number of carbonyl (C=O) groups is 7. The Morgan fingerprint density at radius 2 is 1.48 bits per heavy atom. The number of likely N-dealkylation sites (N-methyl/N-ethyl adjacent to an activating group) is 1. The molecular formula is C48H55ClN6O10. The minimum absolute atomic E-state index is 0.0892. The van der Waals surface area contributed by atoms with Crippen molar-refractivity contribution in [3.8, 4) is 33.8 Å². The summed E-state index contributed by atoms with van der Waals surface area (Å²) in [7, 11) is 1.38. The van der Waals surface area contributed by atoms with Gasteiger partial charge >= 0.3 is 5.97 Å². The van der Waals surface area contributed by atoms with E-state index in [0.717, 1.165) is 16.0 Å². The van der Waals surface area contributed by atoms with Gasteiger partial charge in [0.25, 0.3) is 5.91 Å². The van der Waals surface area contributed by atoms with Crippen LogP contribution in [0.25, 0.3) is 22.3 Å². The van der Waals surface area contributed by atoms with Crippen molar-refractivity contribution in [1.29, 1.82) is 0 Å². The Labute approximate surface area is 382 Å². The fourth-order valence-electron chi connectivity index (χ4n) is 7.41. The van der Waals surface area contributed by atoms with Crippen molar-refractivity contribution in [3.63, 3.8) is 0 Å². The lowest BCUT2D eigenvalue weighted by Gasteiger charge is -2.32. The first-order chi connectivity index (χ1) is 31.0. The Bertz CT molecular complexity index is 2390. The highest BCUT2D eigenvalue weighted by molar-refractivity contribution is 6.30. The van der Waals surface area contributed by atoms with Crippen molar-refractivity contribution in [2.45, 2.75) is 89.5 Å². The molecule has 8 N–H and O–H groups in total. The summed E-state index contributed by atoms with van der Waals surface area (Å²) in [5.41, 5.74) is 8.64. The Balaban J connectivity index is 1.45. The summed E-state index contributed by atoms with van der Waals surface area (Å²) < 4.78 is 4.89. The van der Waals surface area contributed by atoms with Crippen LogP contribution in [0.5, 0.6) is 11.5 Å². The van der Waals surface area contributed by atoms with E-state index in [0.29, 0.717) is 30.0 Å². The lowest BCUT2D eigenvalue weighted by Crippen LogP contribution is -2.56. The van der Waals surface area contributed by atoms with E-state index in [4.69, 9.17) is 22.1 Å². The predicted octanol–water partition coefficient (Wildman–Crippen LogP) is 4.48. The van der Waals surface area contributed by atoms with E-state index < -0.39 is 71.5 Å². The van der Waals surface area contributed by atoms with E-state index in [2.05, 4.69) is 21.3 Å². The molecule has 1 heterocycles. The van der Waals surface area contributed by atoms with Crippen molar-refractivity contribution < 1.29 is 48.5 Å². The lowest BCUT2D eigenvalue weighted by molar-refractivity contribution is -0.144. The zero-order valence-corrected chi connectivity index (χ0v) is 37.4. The summed E-state index contributed by atoms with van der Waals surface area (Å²) in [6, 6.07) is 16.4. The van der Waals surface area contributed by atoms with Gasteiger partial charge in [0.05, 0.1) is 19.1 Å². The predicted molar refractivity (Wildman–Crippen MR) is 243 cm³/mol. The van der Waals surface area contributed by atoms with Crippen LogP contribution in [0, 0.1) is 0 Å². The second kappa shape index (κ2) is 22.7. The first-order valence-corrected chi connectivity index (χ1v) is 21.8. The number of ketones is 1. The minimum atomic E-state index is -1.46. The van der Waals surface area contributed by atoms with Crippen LogP contribution in [-0.4, -0.2) is 101 Å². The molecule has 5 amide bonds. The van der Waals surface area contributed by atoms with Crippen LogP contribution in [0.1, 0.15) is 80.4 Å². The van der Waals surface area contributed by atoms with Crippen LogP contribution in [0.3, 0.4) is 0 Å². The molecule has 0 spiro atoms. The molecule has 5 atom stereocenters. The van der Waals surface area contributed by atoms with Crippen LogP contribution in [0.4, 0.5) is 0 Å². The van der Waals surface area contributed by atoms with E-state index in [-0.39, 0.29) is 66.0 Å². The van der Waals surface area contributed by atoms with E-state index in [9.17, 15) is 43.8 Å². The summed E-state index contributed by atoms with van der Waals surface area (Å²) in [4.78, 5) is 96.1. The zero-order chi connectivity index (χ0) is 47.4. The number of phenols is 2. The van der Waals surface area contributed by atoms with Crippen molar-refractivity contribution in [2.24, 2.45) is 5.73 Å². The van der Waals surface area contributed by atoms with E-state index in [1.165, 1.54) is 57.3 Å². The number of carbonyl (C=O) groups excluding carboxylic acids is 7. The number of phenolic OH excluding ortho intramolecular Hbond substituents is 2. The third-order valence-electron chi connectivity index (χ3n) is 11.1. The van der Waals surface area contributed by atoms with Gasteiger partial charge in [0, 0.05) is 41.6 Å². The number of amides is 5. The van der Waals surface area contributed by atoms with Gasteiger partial charge in [-0.05, 0) is 117 Å². The van der Waals surface area contributed by atoms with Gasteiger partial charge in [0.15, 0.2) is 5.78 Å².